The molecule has 29 heavy (non-hydrogen) atoms. The average molecular weight is 392 g/mol. The third-order valence-electron chi connectivity index (χ3n) is 5.00. The van der Waals surface area contributed by atoms with Crippen LogP contribution in [0.2, 0.25) is 0 Å². The highest BCUT2D eigenvalue weighted by atomic mass is 16.5. The molecule has 1 fully saturated rings. The van der Waals surface area contributed by atoms with Crippen molar-refractivity contribution in [3.8, 4) is 5.75 Å². The fourth-order valence-electron chi connectivity index (χ4n) is 3.44. The molecule has 4 rings (SSSR count). The number of hydrogen-bond donors (Lipinski definition) is 2. The van der Waals surface area contributed by atoms with E-state index in [0.717, 1.165) is 37.3 Å². The number of pyridine rings is 1. The summed E-state index contributed by atoms with van der Waals surface area (Å²) in [4.78, 5) is 17.0. The Bertz CT molecular complexity index is 966. The van der Waals surface area contributed by atoms with Crippen LogP contribution in [0.4, 0.5) is 5.69 Å². The fourth-order valence-corrected chi connectivity index (χ4v) is 3.44. The summed E-state index contributed by atoms with van der Waals surface area (Å²) in [5.74, 6) is 0.382. The maximum atomic E-state index is 12.7. The molecule has 1 amide bonds. The lowest BCUT2D eigenvalue weighted by molar-refractivity contribution is 0.102. The normalized spacial score (nSPS) is 14.5. The van der Waals surface area contributed by atoms with Crippen molar-refractivity contribution in [3.05, 3.63) is 65.7 Å². The number of piperidine rings is 1. The molecule has 0 saturated carbocycles. The van der Waals surface area contributed by atoms with E-state index in [4.69, 9.17) is 4.74 Å². The Morgan fingerprint density at radius 3 is 2.90 bits per heavy atom. The number of rotatable bonds is 6. The van der Waals surface area contributed by atoms with Gasteiger partial charge >= 0.3 is 0 Å². The second kappa shape index (κ2) is 8.83. The molecule has 1 saturated heterocycles. The van der Waals surface area contributed by atoms with E-state index in [0.29, 0.717) is 23.7 Å². The van der Waals surface area contributed by atoms with Gasteiger partial charge in [-0.05, 0) is 57.1 Å². The summed E-state index contributed by atoms with van der Waals surface area (Å²) in [6.07, 6.45) is 3.70. The van der Waals surface area contributed by atoms with Crippen molar-refractivity contribution in [1.29, 1.82) is 0 Å². The van der Waals surface area contributed by atoms with Crippen LogP contribution in [-0.2, 0) is 6.61 Å². The molecule has 0 atom stereocenters. The van der Waals surface area contributed by atoms with Gasteiger partial charge in [-0.15, -0.1) is 5.10 Å². The highest BCUT2D eigenvalue weighted by molar-refractivity contribution is 6.03. The fraction of sp³-hybridized carbons (Fsp3) is 0.333. The van der Waals surface area contributed by atoms with Gasteiger partial charge in [-0.3, -0.25) is 9.78 Å². The number of anilines is 1. The largest absolute Gasteiger partial charge is 0.487 e. The Hall–Kier alpha value is -3.26. The average Bonchev–Trinajstić information content (AvgIpc) is 3.15. The summed E-state index contributed by atoms with van der Waals surface area (Å²) in [6.45, 7) is 4.17. The van der Waals surface area contributed by atoms with E-state index in [1.54, 1.807) is 12.3 Å². The van der Waals surface area contributed by atoms with Crippen LogP contribution >= 0.6 is 0 Å². The van der Waals surface area contributed by atoms with Gasteiger partial charge in [0.2, 0.25) is 0 Å². The number of carbonyl (C=O) groups excluding carboxylic acids is 1. The molecular weight excluding hydrogens is 368 g/mol. The second-order valence-electron chi connectivity index (χ2n) is 7.04. The molecule has 1 aliphatic rings. The highest BCUT2D eigenvalue weighted by Gasteiger charge is 2.23. The zero-order valence-corrected chi connectivity index (χ0v) is 16.3. The van der Waals surface area contributed by atoms with Crippen molar-refractivity contribution in [1.82, 2.24) is 25.3 Å². The molecule has 2 aromatic heterocycles. The Labute approximate surface area is 169 Å². The predicted octanol–water partition coefficient (Wildman–Crippen LogP) is 2.74. The van der Waals surface area contributed by atoms with Gasteiger partial charge < -0.3 is 15.4 Å². The molecule has 1 aromatic carbocycles. The minimum atomic E-state index is -0.274. The quantitative estimate of drug-likeness (QED) is 0.670. The number of carbonyl (C=O) groups is 1. The van der Waals surface area contributed by atoms with E-state index < -0.39 is 0 Å². The van der Waals surface area contributed by atoms with E-state index >= 15 is 0 Å². The van der Waals surface area contributed by atoms with Crippen LogP contribution in [0.3, 0.4) is 0 Å². The maximum Gasteiger partial charge on any atom is 0.278 e. The SMILES string of the molecule is Cc1c(C(=O)Nc2cccc(OCc3ccccn3)c2)nnn1C1CCNCC1. The van der Waals surface area contributed by atoms with Gasteiger partial charge in [-0.25, -0.2) is 4.68 Å². The Balaban J connectivity index is 1.41. The van der Waals surface area contributed by atoms with Gasteiger partial charge in [0.25, 0.3) is 5.91 Å². The van der Waals surface area contributed by atoms with Crippen molar-refractivity contribution in [2.75, 3.05) is 18.4 Å². The third-order valence-corrected chi connectivity index (χ3v) is 5.00. The van der Waals surface area contributed by atoms with Crippen LogP contribution in [0, 0.1) is 6.92 Å². The summed E-state index contributed by atoms with van der Waals surface area (Å²) in [5.41, 5.74) is 2.62. The summed E-state index contributed by atoms with van der Waals surface area (Å²) >= 11 is 0. The standard InChI is InChI=1S/C21H24N6O2/c1-15-20(25-26-27(15)18-8-11-22-12-9-18)21(28)24-16-6-4-7-19(13-16)29-14-17-5-2-3-10-23-17/h2-7,10,13,18,22H,8-9,11-12,14H2,1H3,(H,24,28). The van der Waals surface area contributed by atoms with Gasteiger partial charge in [-0.1, -0.05) is 17.3 Å². The van der Waals surface area contributed by atoms with E-state index in [2.05, 4.69) is 25.9 Å². The molecule has 0 aliphatic carbocycles. The highest BCUT2D eigenvalue weighted by Crippen LogP contribution is 2.22. The number of amides is 1. The maximum absolute atomic E-state index is 12.7. The summed E-state index contributed by atoms with van der Waals surface area (Å²) in [5, 5.41) is 14.6. The van der Waals surface area contributed by atoms with Crippen LogP contribution in [0.25, 0.3) is 0 Å². The molecule has 1 aliphatic heterocycles. The molecule has 0 bridgehead atoms. The number of benzene rings is 1. The number of nitrogens with zero attached hydrogens (tertiary/aromatic N) is 4. The molecule has 0 radical (unpaired) electrons. The molecule has 8 heteroatoms. The summed E-state index contributed by atoms with van der Waals surface area (Å²) < 4.78 is 7.65. The Kier molecular flexibility index (Phi) is 5.81. The smallest absolute Gasteiger partial charge is 0.278 e. The predicted molar refractivity (Wildman–Crippen MR) is 109 cm³/mol. The molecule has 2 N–H and O–H groups in total. The van der Waals surface area contributed by atoms with Crippen LogP contribution in [0.5, 0.6) is 5.75 Å². The van der Waals surface area contributed by atoms with E-state index in [1.807, 2.05) is 48.0 Å². The minimum Gasteiger partial charge on any atom is -0.487 e. The number of aromatic nitrogens is 4. The lowest BCUT2D eigenvalue weighted by Crippen LogP contribution is -2.30. The summed E-state index contributed by atoms with van der Waals surface area (Å²) in [7, 11) is 0. The van der Waals surface area contributed by atoms with E-state index in [-0.39, 0.29) is 11.9 Å². The molecule has 0 unspecified atom stereocenters. The second-order valence-corrected chi connectivity index (χ2v) is 7.04. The molecular formula is C21H24N6O2. The van der Waals surface area contributed by atoms with Crippen LogP contribution in [0.1, 0.15) is 40.8 Å². The van der Waals surface area contributed by atoms with Gasteiger partial charge in [-0.2, -0.15) is 0 Å². The van der Waals surface area contributed by atoms with Crippen molar-refractivity contribution in [3.63, 3.8) is 0 Å². The molecule has 150 valence electrons. The molecule has 8 nitrogen and oxygen atoms in total. The molecule has 3 heterocycles. The molecule has 3 aromatic rings. The number of hydrogen-bond acceptors (Lipinski definition) is 6. The lowest BCUT2D eigenvalue weighted by atomic mass is 10.1. The number of nitrogens with one attached hydrogen (secondary N) is 2. The molecule has 0 spiro atoms. The van der Waals surface area contributed by atoms with E-state index in [9.17, 15) is 4.79 Å². The zero-order valence-electron chi connectivity index (χ0n) is 16.3. The summed E-state index contributed by atoms with van der Waals surface area (Å²) in [6, 6.07) is 13.3. The monoisotopic (exact) mass is 392 g/mol. The van der Waals surface area contributed by atoms with E-state index in [1.165, 1.54) is 0 Å². The third kappa shape index (κ3) is 4.60. The van der Waals surface area contributed by atoms with Crippen molar-refractivity contribution in [2.24, 2.45) is 0 Å². The first kappa shape index (κ1) is 19.1. The van der Waals surface area contributed by atoms with Crippen molar-refractivity contribution >= 4 is 11.6 Å². The van der Waals surface area contributed by atoms with Crippen LogP contribution in [0.15, 0.2) is 48.7 Å². The Morgan fingerprint density at radius 1 is 1.24 bits per heavy atom. The first-order valence-electron chi connectivity index (χ1n) is 9.77. The topological polar surface area (TPSA) is 94.0 Å². The Morgan fingerprint density at radius 2 is 2.10 bits per heavy atom. The van der Waals surface area contributed by atoms with Gasteiger partial charge in [0, 0.05) is 18.0 Å². The zero-order chi connectivity index (χ0) is 20.1. The van der Waals surface area contributed by atoms with Gasteiger partial charge in [0.05, 0.1) is 17.4 Å². The first-order valence-corrected chi connectivity index (χ1v) is 9.77. The van der Waals surface area contributed by atoms with Crippen LogP contribution in [-0.4, -0.2) is 39.0 Å². The minimum absolute atomic E-state index is 0.274. The first-order chi connectivity index (χ1) is 14.2. The lowest BCUT2D eigenvalue weighted by Gasteiger charge is -2.23. The van der Waals surface area contributed by atoms with Crippen LogP contribution < -0.4 is 15.4 Å². The van der Waals surface area contributed by atoms with Crippen molar-refractivity contribution in [2.45, 2.75) is 32.4 Å². The number of ether oxygens (including phenoxy) is 1. The van der Waals surface area contributed by atoms with Crippen molar-refractivity contribution < 1.29 is 9.53 Å². The van der Waals surface area contributed by atoms with Gasteiger partial charge in [0.1, 0.15) is 12.4 Å². The van der Waals surface area contributed by atoms with Gasteiger partial charge in [0.15, 0.2) is 5.69 Å².